The van der Waals surface area contributed by atoms with Gasteiger partial charge >= 0.3 is 0 Å². The van der Waals surface area contributed by atoms with E-state index in [2.05, 4.69) is 15.3 Å². The highest BCUT2D eigenvalue weighted by atomic mass is 16.2. The molecule has 4 bridgehead atoms. The van der Waals surface area contributed by atoms with Gasteiger partial charge in [0.25, 0.3) is 5.91 Å². The predicted molar refractivity (Wildman–Crippen MR) is 97.2 cm³/mol. The average Bonchev–Trinajstić information content (AvgIpc) is 2.64. The first kappa shape index (κ1) is 17.4. The van der Waals surface area contributed by atoms with Gasteiger partial charge in [-0.05, 0) is 67.8 Å². The van der Waals surface area contributed by atoms with E-state index in [-0.39, 0.29) is 17.6 Å². The van der Waals surface area contributed by atoms with Crippen molar-refractivity contribution in [2.24, 2.45) is 29.6 Å². The standard InChI is InChI=1S/C20H28N4O2/c1-24(6-5-23-20(26)19-21-3-2-4-22-19)18(25)12-17-15-8-13-7-14(10-15)11-16(17)9-13/h2-4,13-17H,5-12H2,1H3,(H,23,26). The van der Waals surface area contributed by atoms with Gasteiger partial charge in [-0.25, -0.2) is 9.97 Å². The van der Waals surface area contributed by atoms with E-state index in [1.165, 1.54) is 32.1 Å². The van der Waals surface area contributed by atoms with Gasteiger partial charge in [-0.2, -0.15) is 0 Å². The van der Waals surface area contributed by atoms with Crippen LogP contribution in [0.3, 0.4) is 0 Å². The fourth-order valence-electron chi connectivity index (χ4n) is 5.69. The van der Waals surface area contributed by atoms with E-state index in [1.54, 1.807) is 23.4 Å². The zero-order chi connectivity index (χ0) is 18.1. The summed E-state index contributed by atoms with van der Waals surface area (Å²) in [5.74, 6) is 4.10. The van der Waals surface area contributed by atoms with E-state index in [1.807, 2.05) is 7.05 Å². The lowest BCUT2D eigenvalue weighted by Crippen LogP contribution is -2.47. The Balaban J connectivity index is 1.23. The van der Waals surface area contributed by atoms with Gasteiger partial charge in [0.2, 0.25) is 11.7 Å². The highest BCUT2D eigenvalue weighted by molar-refractivity contribution is 5.90. The predicted octanol–water partition coefficient (Wildman–Crippen LogP) is 2.13. The van der Waals surface area contributed by atoms with Crippen molar-refractivity contribution in [1.82, 2.24) is 20.2 Å². The molecule has 1 aromatic rings. The minimum Gasteiger partial charge on any atom is -0.348 e. The maximum atomic E-state index is 12.7. The van der Waals surface area contributed by atoms with E-state index in [0.29, 0.717) is 25.4 Å². The summed E-state index contributed by atoms with van der Waals surface area (Å²) in [4.78, 5) is 34.2. The van der Waals surface area contributed by atoms with Crippen molar-refractivity contribution in [1.29, 1.82) is 0 Å². The second kappa shape index (κ2) is 7.33. The van der Waals surface area contributed by atoms with Crippen molar-refractivity contribution in [3.8, 4) is 0 Å². The third-order valence-corrected chi connectivity index (χ3v) is 6.76. The number of amides is 2. The van der Waals surface area contributed by atoms with Gasteiger partial charge in [-0.15, -0.1) is 0 Å². The van der Waals surface area contributed by atoms with Gasteiger partial charge in [-0.3, -0.25) is 9.59 Å². The molecule has 4 saturated carbocycles. The quantitative estimate of drug-likeness (QED) is 0.847. The van der Waals surface area contributed by atoms with Crippen molar-refractivity contribution in [2.75, 3.05) is 20.1 Å². The zero-order valence-electron chi connectivity index (χ0n) is 15.4. The molecule has 6 heteroatoms. The number of rotatable bonds is 6. The number of carbonyl (C=O) groups excluding carboxylic acids is 2. The van der Waals surface area contributed by atoms with Crippen LogP contribution in [-0.4, -0.2) is 46.8 Å². The molecule has 4 fully saturated rings. The Hall–Kier alpha value is -1.98. The Bertz CT molecular complexity index is 635. The maximum absolute atomic E-state index is 12.7. The minimum absolute atomic E-state index is 0.162. The van der Waals surface area contributed by atoms with Crippen LogP contribution >= 0.6 is 0 Å². The normalized spacial score (nSPS) is 31.7. The molecule has 0 aromatic carbocycles. The Labute approximate surface area is 154 Å². The van der Waals surface area contributed by atoms with Crippen LogP contribution in [-0.2, 0) is 4.79 Å². The van der Waals surface area contributed by atoms with Crippen molar-refractivity contribution in [3.05, 3.63) is 24.3 Å². The maximum Gasteiger partial charge on any atom is 0.289 e. The number of aromatic nitrogens is 2. The molecule has 0 aliphatic heterocycles. The molecule has 5 rings (SSSR count). The molecule has 4 aliphatic carbocycles. The SMILES string of the molecule is CN(CCNC(=O)c1ncccn1)C(=O)CC1C2CC3CC(C2)CC1C3. The molecule has 140 valence electrons. The van der Waals surface area contributed by atoms with Crippen LogP contribution in [0, 0.1) is 29.6 Å². The summed E-state index contributed by atoms with van der Waals surface area (Å²) < 4.78 is 0. The smallest absolute Gasteiger partial charge is 0.289 e. The Morgan fingerprint density at radius 3 is 2.31 bits per heavy atom. The summed E-state index contributed by atoms with van der Waals surface area (Å²) in [6, 6.07) is 1.67. The van der Waals surface area contributed by atoms with E-state index in [4.69, 9.17) is 0 Å². The molecule has 1 heterocycles. The van der Waals surface area contributed by atoms with Crippen LogP contribution < -0.4 is 5.32 Å². The number of hydrogen-bond donors (Lipinski definition) is 1. The van der Waals surface area contributed by atoms with Gasteiger partial charge in [-0.1, -0.05) is 0 Å². The van der Waals surface area contributed by atoms with E-state index in [0.717, 1.165) is 23.7 Å². The Kier molecular flexibility index (Phi) is 4.92. The molecule has 0 saturated heterocycles. The summed E-state index contributed by atoms with van der Waals surface area (Å²) in [7, 11) is 1.84. The first-order valence-corrected chi connectivity index (χ1v) is 9.89. The van der Waals surface area contributed by atoms with Gasteiger partial charge in [0, 0.05) is 39.0 Å². The third kappa shape index (κ3) is 3.60. The second-order valence-electron chi connectivity index (χ2n) is 8.44. The van der Waals surface area contributed by atoms with Crippen LogP contribution in [0.15, 0.2) is 18.5 Å². The fraction of sp³-hybridized carbons (Fsp3) is 0.700. The van der Waals surface area contributed by atoms with Crippen molar-refractivity contribution in [3.63, 3.8) is 0 Å². The lowest BCUT2D eigenvalue weighted by atomic mass is 9.51. The van der Waals surface area contributed by atoms with Gasteiger partial charge in [0.1, 0.15) is 0 Å². The molecule has 0 atom stereocenters. The lowest BCUT2D eigenvalue weighted by Gasteiger charge is -2.54. The molecular weight excluding hydrogens is 328 g/mol. The molecule has 0 spiro atoms. The van der Waals surface area contributed by atoms with E-state index < -0.39 is 0 Å². The molecule has 2 amide bonds. The van der Waals surface area contributed by atoms with Gasteiger partial charge in [0.15, 0.2) is 0 Å². The number of nitrogens with zero attached hydrogens (tertiary/aromatic N) is 3. The third-order valence-electron chi connectivity index (χ3n) is 6.76. The van der Waals surface area contributed by atoms with E-state index >= 15 is 0 Å². The van der Waals surface area contributed by atoms with Crippen molar-refractivity contribution >= 4 is 11.8 Å². The van der Waals surface area contributed by atoms with Crippen LogP contribution in [0.4, 0.5) is 0 Å². The monoisotopic (exact) mass is 356 g/mol. The highest BCUT2D eigenvalue weighted by Crippen LogP contribution is 2.57. The Morgan fingerprint density at radius 2 is 1.69 bits per heavy atom. The van der Waals surface area contributed by atoms with Crippen LogP contribution in [0.2, 0.25) is 0 Å². The molecule has 26 heavy (non-hydrogen) atoms. The summed E-state index contributed by atoms with van der Waals surface area (Å²) >= 11 is 0. The van der Waals surface area contributed by atoms with Crippen LogP contribution in [0.1, 0.15) is 49.1 Å². The van der Waals surface area contributed by atoms with Crippen LogP contribution in [0.5, 0.6) is 0 Å². The fourth-order valence-corrected chi connectivity index (χ4v) is 5.69. The summed E-state index contributed by atoms with van der Waals surface area (Å²) in [5, 5.41) is 2.78. The number of nitrogens with one attached hydrogen (secondary N) is 1. The molecule has 0 radical (unpaired) electrons. The van der Waals surface area contributed by atoms with Crippen molar-refractivity contribution in [2.45, 2.75) is 38.5 Å². The molecule has 1 N–H and O–H groups in total. The second-order valence-corrected chi connectivity index (χ2v) is 8.44. The number of likely N-dealkylation sites (N-methyl/N-ethyl adjacent to an activating group) is 1. The zero-order valence-corrected chi connectivity index (χ0v) is 15.4. The molecule has 0 unspecified atom stereocenters. The van der Waals surface area contributed by atoms with E-state index in [9.17, 15) is 9.59 Å². The average molecular weight is 356 g/mol. The highest BCUT2D eigenvalue weighted by Gasteiger charge is 2.48. The molecule has 6 nitrogen and oxygen atoms in total. The lowest BCUT2D eigenvalue weighted by molar-refractivity contribution is -0.135. The van der Waals surface area contributed by atoms with Gasteiger partial charge in [0.05, 0.1) is 0 Å². The first-order chi connectivity index (χ1) is 12.6. The van der Waals surface area contributed by atoms with Gasteiger partial charge < -0.3 is 10.2 Å². The minimum atomic E-state index is -0.299. The number of carbonyl (C=O) groups is 2. The molecule has 4 aliphatic rings. The number of hydrogen-bond acceptors (Lipinski definition) is 4. The van der Waals surface area contributed by atoms with Crippen LogP contribution in [0.25, 0.3) is 0 Å². The largest absolute Gasteiger partial charge is 0.348 e. The first-order valence-electron chi connectivity index (χ1n) is 9.89. The summed E-state index contributed by atoms with van der Waals surface area (Å²) in [6.45, 7) is 0.936. The molecular formula is C20H28N4O2. The van der Waals surface area contributed by atoms with Crippen molar-refractivity contribution < 1.29 is 9.59 Å². The topological polar surface area (TPSA) is 75.2 Å². The molecule has 1 aromatic heterocycles. The summed E-state index contributed by atoms with van der Waals surface area (Å²) in [5.41, 5.74) is 0. The Morgan fingerprint density at radius 1 is 1.08 bits per heavy atom. The summed E-state index contributed by atoms with van der Waals surface area (Å²) in [6.07, 6.45) is 10.6.